The van der Waals surface area contributed by atoms with Crippen molar-refractivity contribution in [2.24, 2.45) is 0 Å². The normalized spacial score (nSPS) is 14.1. The Bertz CT molecular complexity index is 1940. The number of carbonyl (C=O) groups is 3. The number of esters is 2. The largest absolute Gasteiger partial charge is 0.477 e. The molecular formula is C70H108NO8+. The Morgan fingerprint density at radius 2 is 0.696 bits per heavy atom. The molecule has 440 valence electrons. The molecule has 0 saturated carbocycles. The van der Waals surface area contributed by atoms with Crippen molar-refractivity contribution in [2.75, 3.05) is 47.5 Å². The van der Waals surface area contributed by atoms with Gasteiger partial charge in [-0.1, -0.05) is 222 Å². The van der Waals surface area contributed by atoms with Gasteiger partial charge in [-0.2, -0.15) is 0 Å². The number of carboxylic acid groups (broad SMARTS) is 1. The molecule has 9 heteroatoms. The van der Waals surface area contributed by atoms with Gasteiger partial charge in [0.2, 0.25) is 0 Å². The molecule has 0 bridgehead atoms. The van der Waals surface area contributed by atoms with Gasteiger partial charge in [-0.15, -0.1) is 0 Å². The molecule has 0 aromatic rings. The molecule has 0 spiro atoms. The Morgan fingerprint density at radius 3 is 1.05 bits per heavy atom. The third kappa shape index (κ3) is 59.9. The van der Waals surface area contributed by atoms with Gasteiger partial charge in [0.05, 0.1) is 34.4 Å². The fourth-order valence-corrected chi connectivity index (χ4v) is 7.13. The van der Waals surface area contributed by atoms with Crippen LogP contribution in [0.3, 0.4) is 0 Å². The third-order valence-electron chi connectivity index (χ3n) is 11.7. The van der Waals surface area contributed by atoms with Crippen molar-refractivity contribution in [2.45, 2.75) is 193 Å². The minimum Gasteiger partial charge on any atom is -0.477 e. The van der Waals surface area contributed by atoms with Crippen molar-refractivity contribution >= 4 is 17.9 Å². The number of rotatable bonds is 52. The molecule has 0 radical (unpaired) electrons. The molecule has 2 unspecified atom stereocenters. The molecule has 0 aromatic carbocycles. The van der Waals surface area contributed by atoms with Crippen LogP contribution in [0.4, 0.5) is 0 Å². The van der Waals surface area contributed by atoms with E-state index in [4.69, 9.17) is 18.9 Å². The molecule has 0 aliphatic rings. The van der Waals surface area contributed by atoms with Crippen LogP contribution in [0.15, 0.2) is 182 Å². The number of ether oxygens (including phenoxy) is 4. The summed E-state index contributed by atoms with van der Waals surface area (Å²) in [6, 6.07) is 0. The standard InChI is InChI=1S/C70H107NO8/c1-6-8-10-12-14-16-18-20-22-24-25-26-27-28-29-30-31-32-33-34-35-36-37-38-39-40-41-42-43-45-47-49-51-53-55-57-59-61-68(73)79-66(65-78-70(69(74)75)76-63-62-71(3,4)5)64-77-67(72)60-58-56-54-52-50-48-46-44-23-21-19-17-15-13-11-9-7-2/h8-11,14-17,20-23,25-26,28-29,31-32,34-35,37-38,40-41,43,45-46,48,52,54,66,70H,6-7,12-13,18-19,24,27,30,33,36,39,42,44,47,49-51,53,55-65H2,1-5H3/p+1/b10-8-,11-9-,16-14-,17-15-,22-20-,23-21-,26-25-,29-28-,32-31-,35-34-,38-37-,41-40-,45-43-,48-46-,54-52-. The van der Waals surface area contributed by atoms with Gasteiger partial charge in [0.15, 0.2) is 6.10 Å². The molecule has 0 fully saturated rings. The number of carboxylic acids is 1. The summed E-state index contributed by atoms with van der Waals surface area (Å²) >= 11 is 0. The zero-order chi connectivity index (χ0) is 57.6. The van der Waals surface area contributed by atoms with Crippen LogP contribution in [-0.2, 0) is 33.3 Å². The van der Waals surface area contributed by atoms with E-state index in [1.807, 2.05) is 21.1 Å². The molecule has 9 nitrogen and oxygen atoms in total. The second kappa shape index (κ2) is 58.5. The second-order valence-corrected chi connectivity index (χ2v) is 20.2. The van der Waals surface area contributed by atoms with E-state index in [0.717, 1.165) is 141 Å². The van der Waals surface area contributed by atoms with Crippen molar-refractivity contribution in [3.63, 3.8) is 0 Å². The van der Waals surface area contributed by atoms with Crippen molar-refractivity contribution in [3.8, 4) is 0 Å². The summed E-state index contributed by atoms with van der Waals surface area (Å²) in [4.78, 5) is 37.4. The number of unbranched alkanes of at least 4 members (excludes halogenated alkanes) is 7. The summed E-state index contributed by atoms with van der Waals surface area (Å²) in [6.45, 7) is 4.52. The number of hydrogen-bond acceptors (Lipinski definition) is 7. The van der Waals surface area contributed by atoms with Crippen molar-refractivity contribution in [3.05, 3.63) is 182 Å². The zero-order valence-corrected chi connectivity index (χ0v) is 49.9. The lowest BCUT2D eigenvalue weighted by Crippen LogP contribution is -2.40. The minimum atomic E-state index is -1.54. The second-order valence-electron chi connectivity index (χ2n) is 20.2. The maximum atomic E-state index is 12.9. The lowest BCUT2D eigenvalue weighted by Gasteiger charge is -2.25. The summed E-state index contributed by atoms with van der Waals surface area (Å²) in [6.07, 6.45) is 87.0. The molecule has 0 aliphatic heterocycles. The lowest BCUT2D eigenvalue weighted by atomic mass is 10.1. The number of hydrogen-bond donors (Lipinski definition) is 1. The fraction of sp³-hybridized carbons (Fsp3) is 0.529. The predicted molar refractivity (Wildman–Crippen MR) is 336 cm³/mol. The fourth-order valence-electron chi connectivity index (χ4n) is 7.13. The van der Waals surface area contributed by atoms with Gasteiger partial charge in [0, 0.05) is 12.8 Å². The number of quaternary nitrogens is 1. The summed E-state index contributed by atoms with van der Waals surface area (Å²) in [7, 11) is 5.93. The third-order valence-corrected chi connectivity index (χ3v) is 11.7. The van der Waals surface area contributed by atoms with E-state index in [1.165, 1.54) is 0 Å². The molecule has 0 aliphatic carbocycles. The first-order valence-corrected chi connectivity index (χ1v) is 29.9. The van der Waals surface area contributed by atoms with Crippen molar-refractivity contribution < 1.29 is 42.9 Å². The Labute approximate surface area is 481 Å². The van der Waals surface area contributed by atoms with E-state index in [1.54, 1.807) is 0 Å². The number of allylic oxidation sites excluding steroid dienone is 30. The van der Waals surface area contributed by atoms with Crippen LogP contribution < -0.4 is 0 Å². The molecule has 0 heterocycles. The van der Waals surface area contributed by atoms with Crippen molar-refractivity contribution in [1.29, 1.82) is 0 Å². The Hall–Kier alpha value is -5.61. The molecule has 0 saturated heterocycles. The van der Waals surface area contributed by atoms with E-state index in [2.05, 4.69) is 196 Å². The highest BCUT2D eigenvalue weighted by Gasteiger charge is 2.25. The first-order valence-electron chi connectivity index (χ1n) is 29.9. The van der Waals surface area contributed by atoms with Crippen LogP contribution >= 0.6 is 0 Å². The minimum absolute atomic E-state index is 0.165. The maximum Gasteiger partial charge on any atom is 0.361 e. The van der Waals surface area contributed by atoms with E-state index in [0.29, 0.717) is 23.9 Å². The van der Waals surface area contributed by atoms with Crippen LogP contribution in [0.5, 0.6) is 0 Å². The first-order chi connectivity index (χ1) is 38.6. The summed E-state index contributed by atoms with van der Waals surface area (Å²) in [5.74, 6) is -2.13. The number of carbonyl (C=O) groups excluding carboxylic acids is 2. The molecule has 1 N–H and O–H groups in total. The van der Waals surface area contributed by atoms with Crippen LogP contribution in [0.1, 0.15) is 181 Å². The summed E-state index contributed by atoms with van der Waals surface area (Å²) < 4.78 is 22.8. The van der Waals surface area contributed by atoms with Crippen LogP contribution in [0, 0.1) is 0 Å². The van der Waals surface area contributed by atoms with Gasteiger partial charge >= 0.3 is 17.9 Å². The van der Waals surface area contributed by atoms with E-state index in [9.17, 15) is 19.5 Å². The molecular weight excluding hydrogens is 983 g/mol. The summed E-state index contributed by atoms with van der Waals surface area (Å²) in [5.41, 5.74) is 0. The zero-order valence-electron chi connectivity index (χ0n) is 49.9. The highest BCUT2D eigenvalue weighted by Crippen LogP contribution is 2.12. The highest BCUT2D eigenvalue weighted by atomic mass is 16.7. The Balaban J connectivity index is 4.33. The lowest BCUT2D eigenvalue weighted by molar-refractivity contribution is -0.870. The predicted octanol–water partition coefficient (Wildman–Crippen LogP) is 18.1. The summed E-state index contributed by atoms with van der Waals surface area (Å²) in [5, 5.41) is 9.70. The van der Waals surface area contributed by atoms with Crippen LogP contribution in [0.2, 0.25) is 0 Å². The molecule has 79 heavy (non-hydrogen) atoms. The Kier molecular flexibility index (Phi) is 54.4. The SMILES string of the molecule is CC/C=C\C/C=C\C/C=C\C/C=C\C/C=C\C/C=C\C/C=C\C/C=C\C/C=C\C/C=C\CCCCCCCCC(=O)OC(COC(=O)CCC/C=C\C/C=C\C/C=C\C/C=C\C/C=C\CC)COC(OCC[N+](C)(C)C)C(=O)O. The van der Waals surface area contributed by atoms with E-state index < -0.39 is 30.3 Å². The topological polar surface area (TPSA) is 108 Å². The smallest absolute Gasteiger partial charge is 0.361 e. The first kappa shape index (κ1) is 73.4. The van der Waals surface area contributed by atoms with Gasteiger partial charge in [0.1, 0.15) is 13.2 Å². The molecule has 2 atom stereocenters. The number of likely N-dealkylation sites (N-methyl/N-ethyl adjacent to an activating group) is 1. The van der Waals surface area contributed by atoms with Crippen molar-refractivity contribution in [1.82, 2.24) is 0 Å². The average Bonchev–Trinajstić information content (AvgIpc) is 3.42. The molecule has 0 amide bonds. The van der Waals surface area contributed by atoms with E-state index >= 15 is 0 Å². The molecule has 0 aromatic heterocycles. The molecule has 0 rings (SSSR count). The van der Waals surface area contributed by atoms with Gasteiger partial charge in [-0.25, -0.2) is 4.79 Å². The van der Waals surface area contributed by atoms with E-state index in [-0.39, 0.29) is 32.7 Å². The van der Waals surface area contributed by atoms with Gasteiger partial charge in [-0.3, -0.25) is 9.59 Å². The monoisotopic (exact) mass is 1090 g/mol. The number of aliphatic carboxylic acids is 1. The van der Waals surface area contributed by atoms with Crippen LogP contribution in [0.25, 0.3) is 0 Å². The van der Waals surface area contributed by atoms with Gasteiger partial charge in [0.25, 0.3) is 6.29 Å². The van der Waals surface area contributed by atoms with Gasteiger partial charge < -0.3 is 28.5 Å². The highest BCUT2D eigenvalue weighted by molar-refractivity contribution is 5.71. The quantitative estimate of drug-likeness (QED) is 0.0211. The average molecular weight is 1090 g/mol. The maximum absolute atomic E-state index is 12.9. The van der Waals surface area contributed by atoms with Gasteiger partial charge in [-0.05, 0) is 128 Å². The Morgan fingerprint density at radius 1 is 0.380 bits per heavy atom. The van der Waals surface area contributed by atoms with Crippen LogP contribution in [-0.4, -0.2) is 87.4 Å². The number of nitrogens with zero attached hydrogens (tertiary/aromatic N) is 1.